The lowest BCUT2D eigenvalue weighted by atomic mass is 10.1. The number of alkyl halides is 1. The van der Waals surface area contributed by atoms with Crippen molar-refractivity contribution in [3.05, 3.63) is 59.7 Å². The van der Waals surface area contributed by atoms with Gasteiger partial charge in [0.05, 0.1) is 17.1 Å². The first-order valence-electron chi connectivity index (χ1n) is 5.66. The van der Waals surface area contributed by atoms with Gasteiger partial charge in [-0.05, 0) is 24.6 Å². The van der Waals surface area contributed by atoms with Crippen molar-refractivity contribution >= 4 is 21.7 Å². The lowest BCUT2D eigenvalue weighted by Crippen LogP contribution is -2.16. The molecule has 0 saturated heterocycles. The molecule has 18 heavy (non-hydrogen) atoms. The summed E-state index contributed by atoms with van der Waals surface area (Å²) in [5.74, 6) is -0.516. The molecule has 1 heterocycles. The molecule has 0 fully saturated rings. The van der Waals surface area contributed by atoms with Crippen LogP contribution in [0.25, 0.3) is 0 Å². The smallest absolute Gasteiger partial charge is 0.194 e. The molecule has 0 aliphatic carbocycles. The van der Waals surface area contributed by atoms with Gasteiger partial charge in [-0.3, -0.25) is 4.79 Å². The van der Waals surface area contributed by atoms with Crippen LogP contribution in [-0.4, -0.2) is 15.7 Å². The molecule has 2 aromatic rings. The molecule has 2 nitrogen and oxygen atoms in total. The predicted octanol–water partition coefficient (Wildman–Crippen LogP) is 3.81. The molecule has 2 rings (SSSR count). The van der Waals surface area contributed by atoms with E-state index in [1.807, 2.05) is 37.3 Å². The number of aromatic nitrogens is 1. The van der Waals surface area contributed by atoms with Gasteiger partial charge in [0.2, 0.25) is 0 Å². The van der Waals surface area contributed by atoms with Crippen molar-refractivity contribution in [2.24, 2.45) is 0 Å². The van der Waals surface area contributed by atoms with Crippen molar-refractivity contribution in [2.75, 3.05) is 5.33 Å². The molecule has 0 N–H and O–H groups in total. The number of rotatable bonds is 4. The Kier molecular flexibility index (Phi) is 3.97. The Morgan fingerprint density at radius 1 is 1.28 bits per heavy atom. The zero-order valence-electron chi connectivity index (χ0n) is 9.94. The highest BCUT2D eigenvalue weighted by Crippen LogP contribution is 2.23. The first kappa shape index (κ1) is 13.0. The Labute approximate surface area is 114 Å². The molecule has 0 spiro atoms. The topological polar surface area (TPSA) is 22.0 Å². The first-order chi connectivity index (χ1) is 8.65. The number of hydrogen-bond donors (Lipinski definition) is 0. The van der Waals surface area contributed by atoms with Crippen LogP contribution in [0, 0.1) is 5.95 Å². The summed E-state index contributed by atoms with van der Waals surface area (Å²) in [6.45, 7) is 1.88. The third kappa shape index (κ3) is 2.38. The van der Waals surface area contributed by atoms with Crippen LogP contribution in [0.2, 0.25) is 0 Å². The monoisotopic (exact) mass is 309 g/mol. The van der Waals surface area contributed by atoms with Crippen LogP contribution in [0.1, 0.15) is 29.0 Å². The van der Waals surface area contributed by atoms with Crippen LogP contribution in [-0.2, 0) is 0 Å². The van der Waals surface area contributed by atoms with E-state index < -0.39 is 5.95 Å². The number of hydrogen-bond acceptors (Lipinski definition) is 1. The number of halogens is 2. The molecule has 0 saturated carbocycles. The Balaban J connectivity index is 2.45. The number of benzene rings is 1. The van der Waals surface area contributed by atoms with Crippen LogP contribution >= 0.6 is 15.9 Å². The first-order valence-corrected chi connectivity index (χ1v) is 6.78. The van der Waals surface area contributed by atoms with Crippen LogP contribution in [0.5, 0.6) is 0 Å². The average molecular weight is 310 g/mol. The highest BCUT2D eigenvalue weighted by atomic mass is 79.9. The molecule has 0 bridgehead atoms. The van der Waals surface area contributed by atoms with E-state index in [0.717, 1.165) is 5.56 Å². The Bertz CT molecular complexity index is 550. The molecule has 1 atom stereocenters. The maximum absolute atomic E-state index is 13.8. The lowest BCUT2D eigenvalue weighted by molar-refractivity contribution is 0.101. The summed E-state index contributed by atoms with van der Waals surface area (Å²) >= 11 is 3.11. The van der Waals surface area contributed by atoms with Crippen molar-refractivity contribution in [1.82, 2.24) is 4.57 Å². The molecule has 1 aromatic carbocycles. The molecule has 1 aromatic heterocycles. The number of carbonyl (C=O) groups is 1. The highest BCUT2D eigenvalue weighted by Gasteiger charge is 2.19. The summed E-state index contributed by atoms with van der Waals surface area (Å²) in [7, 11) is 0. The second-order valence-electron chi connectivity index (χ2n) is 4.05. The minimum atomic E-state index is -0.393. The summed E-state index contributed by atoms with van der Waals surface area (Å²) in [5.41, 5.74) is 1.36. The SMILES string of the molecule is C[C@H](c1ccccc1)n1c(F)ccc1C(=O)CBr. The largest absolute Gasteiger partial charge is 0.308 e. The minimum absolute atomic E-state index is 0.123. The fourth-order valence-corrected chi connectivity index (χ4v) is 2.28. The fraction of sp³-hybridized carbons (Fsp3) is 0.214. The average Bonchev–Trinajstić information content (AvgIpc) is 2.80. The van der Waals surface area contributed by atoms with Gasteiger partial charge in [-0.1, -0.05) is 46.3 Å². The molecule has 0 unspecified atom stereocenters. The van der Waals surface area contributed by atoms with Gasteiger partial charge in [-0.15, -0.1) is 0 Å². The van der Waals surface area contributed by atoms with Crippen molar-refractivity contribution in [3.8, 4) is 0 Å². The van der Waals surface area contributed by atoms with Gasteiger partial charge >= 0.3 is 0 Å². The molecule has 0 aliphatic rings. The van der Waals surface area contributed by atoms with Crippen LogP contribution in [0.15, 0.2) is 42.5 Å². The second-order valence-corrected chi connectivity index (χ2v) is 4.62. The summed E-state index contributed by atoms with van der Waals surface area (Å²) in [6.07, 6.45) is 0. The molecule has 0 radical (unpaired) electrons. The standard InChI is InChI=1S/C14H13BrFNO/c1-10(11-5-3-2-4-6-11)17-12(13(18)9-15)7-8-14(17)16/h2-8,10H,9H2,1H3/t10-/m1/s1. The number of carbonyl (C=O) groups excluding carboxylic acids is 1. The Hall–Kier alpha value is -1.42. The van der Waals surface area contributed by atoms with Gasteiger partial charge in [0.25, 0.3) is 0 Å². The molecular weight excluding hydrogens is 297 g/mol. The van der Waals surface area contributed by atoms with E-state index in [1.165, 1.54) is 16.7 Å². The predicted molar refractivity (Wildman–Crippen MR) is 72.8 cm³/mol. The van der Waals surface area contributed by atoms with E-state index >= 15 is 0 Å². The number of Topliss-reactive ketones (excluding diaryl/α,β-unsaturated/α-hetero) is 1. The van der Waals surface area contributed by atoms with Gasteiger partial charge in [0, 0.05) is 0 Å². The van der Waals surface area contributed by atoms with Gasteiger partial charge in [0.1, 0.15) is 0 Å². The quantitative estimate of drug-likeness (QED) is 0.622. The molecule has 0 amide bonds. The van der Waals surface area contributed by atoms with E-state index in [2.05, 4.69) is 15.9 Å². The maximum atomic E-state index is 13.8. The molecule has 4 heteroatoms. The Morgan fingerprint density at radius 2 is 1.94 bits per heavy atom. The summed E-state index contributed by atoms with van der Waals surface area (Å²) < 4.78 is 15.3. The summed E-state index contributed by atoms with van der Waals surface area (Å²) in [5, 5.41) is 0.192. The summed E-state index contributed by atoms with van der Waals surface area (Å²) in [4.78, 5) is 11.7. The van der Waals surface area contributed by atoms with E-state index in [1.54, 1.807) is 0 Å². The van der Waals surface area contributed by atoms with Crippen molar-refractivity contribution in [1.29, 1.82) is 0 Å². The molecule has 94 valence electrons. The highest BCUT2D eigenvalue weighted by molar-refractivity contribution is 9.09. The van der Waals surface area contributed by atoms with Crippen LogP contribution < -0.4 is 0 Å². The van der Waals surface area contributed by atoms with Gasteiger partial charge in [-0.2, -0.15) is 4.39 Å². The van der Waals surface area contributed by atoms with Crippen molar-refractivity contribution in [2.45, 2.75) is 13.0 Å². The Morgan fingerprint density at radius 3 is 2.56 bits per heavy atom. The third-order valence-electron chi connectivity index (χ3n) is 2.94. The van der Waals surface area contributed by atoms with Gasteiger partial charge in [0.15, 0.2) is 11.7 Å². The molecular formula is C14H13BrFNO. The lowest BCUT2D eigenvalue weighted by Gasteiger charge is -2.17. The normalized spacial score (nSPS) is 12.4. The van der Waals surface area contributed by atoms with E-state index in [-0.39, 0.29) is 17.2 Å². The molecule has 0 aliphatic heterocycles. The second kappa shape index (κ2) is 5.48. The van der Waals surface area contributed by atoms with Crippen LogP contribution in [0.4, 0.5) is 4.39 Å². The summed E-state index contributed by atoms with van der Waals surface area (Å²) in [6, 6.07) is 12.2. The van der Waals surface area contributed by atoms with Crippen molar-refractivity contribution < 1.29 is 9.18 Å². The van der Waals surface area contributed by atoms with E-state index in [0.29, 0.717) is 5.69 Å². The zero-order chi connectivity index (χ0) is 13.1. The van der Waals surface area contributed by atoms with E-state index in [9.17, 15) is 9.18 Å². The zero-order valence-corrected chi connectivity index (χ0v) is 11.5. The van der Waals surface area contributed by atoms with Crippen LogP contribution in [0.3, 0.4) is 0 Å². The maximum Gasteiger partial charge on any atom is 0.194 e. The van der Waals surface area contributed by atoms with Gasteiger partial charge in [-0.25, -0.2) is 0 Å². The fourth-order valence-electron chi connectivity index (χ4n) is 1.99. The third-order valence-corrected chi connectivity index (χ3v) is 3.45. The van der Waals surface area contributed by atoms with E-state index in [4.69, 9.17) is 0 Å². The number of nitrogens with zero attached hydrogens (tertiary/aromatic N) is 1. The minimum Gasteiger partial charge on any atom is -0.308 e. The van der Waals surface area contributed by atoms with Crippen molar-refractivity contribution in [3.63, 3.8) is 0 Å². The van der Waals surface area contributed by atoms with Gasteiger partial charge < -0.3 is 4.57 Å². The number of ketones is 1.